The molecule has 1 rings (SSSR count). The van der Waals surface area contributed by atoms with Crippen LogP contribution in [0.1, 0.15) is 33.1 Å². The third-order valence-corrected chi connectivity index (χ3v) is 4.58. The van der Waals surface area contributed by atoms with Crippen LogP contribution in [0.5, 0.6) is 0 Å². The molecule has 3 N–H and O–H groups in total. The number of nitrogens with one attached hydrogen (secondary N) is 2. The van der Waals surface area contributed by atoms with Crippen LogP contribution in [0.4, 0.5) is 4.79 Å². The summed E-state index contributed by atoms with van der Waals surface area (Å²) >= 11 is 1.57. The monoisotopic (exact) mass is 288 g/mol. The topological polar surface area (TPSA) is 78.4 Å². The highest BCUT2D eigenvalue weighted by molar-refractivity contribution is 7.98. The molecule has 0 aliphatic heterocycles. The lowest BCUT2D eigenvalue weighted by molar-refractivity contribution is -0.139. The number of urea groups is 1. The van der Waals surface area contributed by atoms with Gasteiger partial charge in [0.1, 0.15) is 6.04 Å². The molecule has 0 heterocycles. The maximum Gasteiger partial charge on any atom is 0.326 e. The predicted octanol–water partition coefficient (Wildman–Crippen LogP) is 1.93. The summed E-state index contributed by atoms with van der Waals surface area (Å²) in [5.41, 5.74) is 0.231. The smallest absolute Gasteiger partial charge is 0.326 e. The lowest BCUT2D eigenvalue weighted by Gasteiger charge is -2.21. The Balaban J connectivity index is 2.34. The summed E-state index contributed by atoms with van der Waals surface area (Å²) in [6, 6.07) is -1.18. The second kappa shape index (κ2) is 7.03. The van der Waals surface area contributed by atoms with Gasteiger partial charge in [0.05, 0.1) is 0 Å². The molecule has 5 nitrogen and oxygen atoms in total. The van der Waals surface area contributed by atoms with Crippen LogP contribution in [0.25, 0.3) is 0 Å². The van der Waals surface area contributed by atoms with Crippen molar-refractivity contribution in [2.75, 3.05) is 18.6 Å². The van der Waals surface area contributed by atoms with E-state index in [1.165, 1.54) is 0 Å². The molecular formula is C13H24N2O3S. The maximum absolute atomic E-state index is 11.7. The molecular weight excluding hydrogens is 264 g/mol. The highest BCUT2D eigenvalue weighted by atomic mass is 32.2. The first-order valence-corrected chi connectivity index (χ1v) is 8.07. The third-order valence-electron chi connectivity index (χ3n) is 3.93. The van der Waals surface area contributed by atoms with E-state index in [1.54, 1.807) is 11.8 Å². The average Bonchev–Trinajstić information content (AvgIpc) is 3.12. The Labute approximate surface area is 118 Å². The number of carboxylic acid groups (broad SMARTS) is 1. The molecule has 1 aliphatic carbocycles. The van der Waals surface area contributed by atoms with Gasteiger partial charge in [-0.1, -0.05) is 13.8 Å². The third kappa shape index (κ3) is 4.93. The molecule has 6 heteroatoms. The van der Waals surface area contributed by atoms with Gasteiger partial charge in [-0.25, -0.2) is 9.59 Å². The zero-order valence-corrected chi connectivity index (χ0v) is 12.7. The molecule has 0 bridgehead atoms. The second-order valence-corrected chi connectivity index (χ2v) is 6.50. The van der Waals surface area contributed by atoms with Gasteiger partial charge >= 0.3 is 12.0 Å². The van der Waals surface area contributed by atoms with E-state index in [-0.39, 0.29) is 11.4 Å². The van der Waals surface area contributed by atoms with E-state index in [4.69, 9.17) is 5.11 Å². The zero-order chi connectivity index (χ0) is 14.5. The Kier molecular flexibility index (Phi) is 5.97. The van der Waals surface area contributed by atoms with Crippen LogP contribution >= 0.6 is 11.8 Å². The van der Waals surface area contributed by atoms with E-state index in [0.717, 1.165) is 12.8 Å². The van der Waals surface area contributed by atoms with Gasteiger partial charge in [-0.15, -0.1) is 0 Å². The van der Waals surface area contributed by atoms with Gasteiger partial charge in [-0.05, 0) is 42.6 Å². The molecule has 0 aromatic rings. The lowest BCUT2D eigenvalue weighted by Crippen LogP contribution is -2.47. The van der Waals surface area contributed by atoms with Gasteiger partial charge < -0.3 is 15.7 Å². The van der Waals surface area contributed by atoms with Gasteiger partial charge in [-0.2, -0.15) is 11.8 Å². The van der Waals surface area contributed by atoms with E-state index >= 15 is 0 Å². The summed E-state index contributed by atoms with van der Waals surface area (Å²) in [5.74, 6) is 0.279. The number of thioether (sulfide) groups is 1. The van der Waals surface area contributed by atoms with Crippen molar-refractivity contribution < 1.29 is 14.7 Å². The second-order valence-electron chi connectivity index (χ2n) is 5.52. The van der Waals surface area contributed by atoms with Crippen LogP contribution in [0, 0.1) is 11.3 Å². The minimum Gasteiger partial charge on any atom is -0.480 e. The number of amides is 2. The predicted molar refractivity (Wildman–Crippen MR) is 77.5 cm³/mol. The molecule has 1 fully saturated rings. The van der Waals surface area contributed by atoms with Crippen molar-refractivity contribution in [3.8, 4) is 0 Å². The Morgan fingerprint density at radius 1 is 1.37 bits per heavy atom. The normalized spacial score (nSPS) is 17.9. The van der Waals surface area contributed by atoms with Crippen molar-refractivity contribution in [1.29, 1.82) is 0 Å². The van der Waals surface area contributed by atoms with E-state index < -0.39 is 12.0 Å². The van der Waals surface area contributed by atoms with Crippen LogP contribution in [-0.4, -0.2) is 41.7 Å². The van der Waals surface area contributed by atoms with Gasteiger partial charge in [0.15, 0.2) is 0 Å². The molecule has 0 aromatic heterocycles. The summed E-state index contributed by atoms with van der Waals surface area (Å²) in [6.07, 6.45) is 4.64. The number of hydrogen-bond donors (Lipinski definition) is 3. The Bertz CT molecular complexity index is 330. The van der Waals surface area contributed by atoms with E-state index in [2.05, 4.69) is 24.5 Å². The Hall–Kier alpha value is -0.910. The Morgan fingerprint density at radius 2 is 2.00 bits per heavy atom. The Morgan fingerprint density at radius 3 is 2.42 bits per heavy atom. The van der Waals surface area contributed by atoms with Crippen LogP contribution < -0.4 is 10.6 Å². The lowest BCUT2D eigenvalue weighted by atomic mass is 9.92. The van der Waals surface area contributed by atoms with E-state index in [1.807, 2.05) is 6.26 Å². The molecule has 1 aliphatic rings. The molecule has 1 atom stereocenters. The van der Waals surface area contributed by atoms with Crippen molar-refractivity contribution in [3.05, 3.63) is 0 Å². The van der Waals surface area contributed by atoms with Gasteiger partial charge in [0.2, 0.25) is 0 Å². The fourth-order valence-corrected chi connectivity index (χ4v) is 2.55. The highest BCUT2D eigenvalue weighted by Gasteiger charge is 2.45. The first-order chi connectivity index (χ1) is 8.91. The van der Waals surface area contributed by atoms with Crippen LogP contribution in [-0.2, 0) is 4.79 Å². The summed E-state index contributed by atoms with van der Waals surface area (Å²) in [4.78, 5) is 22.7. The van der Waals surface area contributed by atoms with E-state index in [9.17, 15) is 9.59 Å². The van der Waals surface area contributed by atoms with Crippen molar-refractivity contribution in [1.82, 2.24) is 10.6 Å². The first-order valence-electron chi connectivity index (χ1n) is 6.67. The number of carboxylic acids is 1. The molecule has 1 saturated carbocycles. The molecule has 0 saturated heterocycles. The van der Waals surface area contributed by atoms with E-state index in [0.29, 0.717) is 24.6 Å². The molecule has 0 unspecified atom stereocenters. The molecule has 110 valence electrons. The number of carbonyl (C=O) groups is 2. The number of aliphatic carboxylic acids is 1. The minimum absolute atomic E-state index is 0.231. The first kappa shape index (κ1) is 16.1. The van der Waals surface area contributed by atoms with Crippen molar-refractivity contribution in [2.24, 2.45) is 11.3 Å². The largest absolute Gasteiger partial charge is 0.480 e. The van der Waals surface area contributed by atoms with Crippen molar-refractivity contribution in [3.63, 3.8) is 0 Å². The fourth-order valence-electron chi connectivity index (χ4n) is 2.08. The van der Waals surface area contributed by atoms with Gasteiger partial charge in [-0.3, -0.25) is 0 Å². The van der Waals surface area contributed by atoms with Crippen LogP contribution in [0.2, 0.25) is 0 Å². The highest BCUT2D eigenvalue weighted by Crippen LogP contribution is 2.51. The summed E-state index contributed by atoms with van der Waals surface area (Å²) in [6.45, 7) is 4.95. The number of hydrogen-bond acceptors (Lipinski definition) is 3. The minimum atomic E-state index is -0.978. The average molecular weight is 288 g/mol. The molecule has 19 heavy (non-hydrogen) atoms. The number of rotatable bonds is 8. The van der Waals surface area contributed by atoms with Crippen LogP contribution in [0.3, 0.4) is 0 Å². The maximum atomic E-state index is 11.7. The fraction of sp³-hybridized carbons (Fsp3) is 0.846. The van der Waals surface area contributed by atoms with Crippen molar-refractivity contribution >= 4 is 23.8 Å². The summed E-state index contributed by atoms with van der Waals surface area (Å²) < 4.78 is 0. The standard InChI is InChI=1S/C13H24N2O3S/c1-9(2)13(5-6-13)8-14-12(18)15-10(11(16)17)4-7-19-3/h9-10H,4-8H2,1-3H3,(H,16,17)(H2,14,15,18)/t10-/m0/s1. The quantitative estimate of drug-likeness (QED) is 0.637. The molecule has 2 amide bonds. The molecule has 0 radical (unpaired) electrons. The number of carbonyl (C=O) groups excluding carboxylic acids is 1. The SMILES string of the molecule is CSCC[C@H](NC(=O)NCC1(C(C)C)CC1)C(=O)O. The van der Waals surface area contributed by atoms with Crippen LogP contribution in [0.15, 0.2) is 0 Å². The molecule has 0 aromatic carbocycles. The summed E-state index contributed by atoms with van der Waals surface area (Å²) in [5, 5.41) is 14.4. The van der Waals surface area contributed by atoms with Gasteiger partial charge in [0, 0.05) is 6.54 Å². The van der Waals surface area contributed by atoms with Gasteiger partial charge in [0.25, 0.3) is 0 Å². The summed E-state index contributed by atoms with van der Waals surface area (Å²) in [7, 11) is 0. The zero-order valence-electron chi connectivity index (χ0n) is 11.9. The van der Waals surface area contributed by atoms with Crippen molar-refractivity contribution in [2.45, 2.75) is 39.2 Å². The molecule has 0 spiro atoms.